The number of methoxy groups -OCH3 is 1. The van der Waals surface area contributed by atoms with Crippen molar-refractivity contribution in [1.29, 1.82) is 0 Å². The van der Waals surface area contributed by atoms with Crippen molar-refractivity contribution < 1.29 is 4.74 Å². The molecule has 17 heavy (non-hydrogen) atoms. The van der Waals surface area contributed by atoms with Crippen molar-refractivity contribution in [3.05, 3.63) is 48.3 Å². The van der Waals surface area contributed by atoms with Crippen LogP contribution in [0.3, 0.4) is 0 Å². The molecular formula is C13H15N3O. The van der Waals surface area contributed by atoms with Crippen LogP contribution in [0, 0.1) is 0 Å². The quantitative estimate of drug-likeness (QED) is 0.875. The van der Waals surface area contributed by atoms with Gasteiger partial charge in [-0.25, -0.2) is 0 Å². The zero-order valence-electron chi connectivity index (χ0n) is 9.92. The number of anilines is 1. The van der Waals surface area contributed by atoms with Gasteiger partial charge in [0.25, 0.3) is 0 Å². The van der Waals surface area contributed by atoms with Crippen molar-refractivity contribution in [2.75, 3.05) is 12.4 Å². The van der Waals surface area contributed by atoms with E-state index in [-0.39, 0.29) is 6.04 Å². The molecule has 0 bridgehead atoms. The Labute approximate surface area is 101 Å². The zero-order chi connectivity index (χ0) is 12.1. The summed E-state index contributed by atoms with van der Waals surface area (Å²) in [7, 11) is 1.61. The summed E-state index contributed by atoms with van der Waals surface area (Å²) in [6.45, 7) is 2.07. The van der Waals surface area contributed by atoms with Crippen molar-refractivity contribution >= 4 is 5.82 Å². The molecule has 1 N–H and O–H groups in total. The standard InChI is InChI=1S/C13H15N3O/c1-10(11-5-4-8-14-9-11)15-12-6-3-7-13(16-12)17-2/h3-10H,1-2H3,(H,15,16). The van der Waals surface area contributed by atoms with Gasteiger partial charge in [0.05, 0.1) is 13.2 Å². The first-order chi connectivity index (χ1) is 8.29. The number of aromatic nitrogens is 2. The third kappa shape index (κ3) is 2.93. The minimum atomic E-state index is 0.156. The number of nitrogens with one attached hydrogen (secondary N) is 1. The lowest BCUT2D eigenvalue weighted by atomic mass is 10.1. The first kappa shape index (κ1) is 11.4. The summed E-state index contributed by atoms with van der Waals surface area (Å²) >= 11 is 0. The molecule has 2 heterocycles. The summed E-state index contributed by atoms with van der Waals surface area (Å²) in [4.78, 5) is 8.40. The van der Waals surface area contributed by atoms with E-state index in [1.807, 2.05) is 36.5 Å². The maximum Gasteiger partial charge on any atom is 0.214 e. The average molecular weight is 229 g/mol. The second kappa shape index (κ2) is 5.30. The molecule has 0 aromatic carbocycles. The van der Waals surface area contributed by atoms with E-state index < -0.39 is 0 Å². The van der Waals surface area contributed by atoms with Gasteiger partial charge >= 0.3 is 0 Å². The number of hydrogen-bond donors (Lipinski definition) is 1. The molecule has 0 fully saturated rings. The highest BCUT2D eigenvalue weighted by molar-refractivity contribution is 5.39. The highest BCUT2D eigenvalue weighted by atomic mass is 16.5. The molecule has 88 valence electrons. The fraction of sp³-hybridized carbons (Fsp3) is 0.231. The highest BCUT2D eigenvalue weighted by Gasteiger charge is 2.06. The number of nitrogens with zero attached hydrogens (tertiary/aromatic N) is 2. The van der Waals surface area contributed by atoms with Crippen LogP contribution in [0.1, 0.15) is 18.5 Å². The molecule has 0 aliphatic rings. The monoisotopic (exact) mass is 229 g/mol. The van der Waals surface area contributed by atoms with Gasteiger partial charge in [-0.15, -0.1) is 0 Å². The minimum Gasteiger partial charge on any atom is -0.481 e. The van der Waals surface area contributed by atoms with Crippen molar-refractivity contribution in [2.24, 2.45) is 0 Å². The Morgan fingerprint density at radius 2 is 2.12 bits per heavy atom. The summed E-state index contributed by atoms with van der Waals surface area (Å²) in [5.41, 5.74) is 1.12. The van der Waals surface area contributed by atoms with Gasteiger partial charge < -0.3 is 10.1 Å². The summed E-state index contributed by atoms with van der Waals surface area (Å²) in [6, 6.07) is 9.75. The topological polar surface area (TPSA) is 47.0 Å². The maximum absolute atomic E-state index is 5.08. The first-order valence-corrected chi connectivity index (χ1v) is 5.47. The van der Waals surface area contributed by atoms with Crippen LogP contribution in [0.4, 0.5) is 5.82 Å². The normalized spacial score (nSPS) is 11.9. The van der Waals surface area contributed by atoms with Gasteiger partial charge in [-0.05, 0) is 24.6 Å². The van der Waals surface area contributed by atoms with E-state index in [1.54, 1.807) is 13.3 Å². The van der Waals surface area contributed by atoms with Gasteiger partial charge in [0, 0.05) is 18.5 Å². The molecule has 2 aromatic heterocycles. The Bertz CT molecular complexity index is 473. The SMILES string of the molecule is COc1cccc(NC(C)c2cccnc2)n1. The number of pyridine rings is 2. The Kier molecular flexibility index (Phi) is 3.55. The van der Waals surface area contributed by atoms with Crippen LogP contribution in [0.2, 0.25) is 0 Å². The Balaban J connectivity index is 2.10. The fourth-order valence-electron chi connectivity index (χ4n) is 1.55. The molecule has 0 aliphatic heterocycles. The molecule has 0 saturated heterocycles. The molecule has 2 rings (SSSR count). The molecule has 0 radical (unpaired) electrons. The lowest BCUT2D eigenvalue weighted by Gasteiger charge is -2.14. The van der Waals surface area contributed by atoms with Crippen LogP contribution in [-0.2, 0) is 0 Å². The van der Waals surface area contributed by atoms with Gasteiger partial charge in [0.1, 0.15) is 5.82 Å². The van der Waals surface area contributed by atoms with Gasteiger partial charge in [0.2, 0.25) is 5.88 Å². The molecule has 4 nitrogen and oxygen atoms in total. The Hall–Kier alpha value is -2.10. The summed E-state index contributed by atoms with van der Waals surface area (Å²) in [6.07, 6.45) is 3.61. The van der Waals surface area contributed by atoms with E-state index in [9.17, 15) is 0 Å². The molecular weight excluding hydrogens is 214 g/mol. The predicted octanol–water partition coefficient (Wildman–Crippen LogP) is 2.66. The van der Waals surface area contributed by atoms with Gasteiger partial charge in [-0.2, -0.15) is 4.98 Å². The Morgan fingerprint density at radius 1 is 1.24 bits per heavy atom. The van der Waals surface area contributed by atoms with Crippen LogP contribution in [0.15, 0.2) is 42.7 Å². The number of hydrogen-bond acceptors (Lipinski definition) is 4. The third-order valence-corrected chi connectivity index (χ3v) is 2.48. The molecule has 0 spiro atoms. The second-order valence-corrected chi connectivity index (χ2v) is 3.72. The van der Waals surface area contributed by atoms with Crippen LogP contribution in [0.5, 0.6) is 5.88 Å². The van der Waals surface area contributed by atoms with Crippen molar-refractivity contribution in [1.82, 2.24) is 9.97 Å². The van der Waals surface area contributed by atoms with Crippen molar-refractivity contribution in [3.8, 4) is 5.88 Å². The predicted molar refractivity (Wildman–Crippen MR) is 67.1 cm³/mol. The molecule has 1 unspecified atom stereocenters. The second-order valence-electron chi connectivity index (χ2n) is 3.72. The van der Waals surface area contributed by atoms with E-state index in [2.05, 4.69) is 22.2 Å². The lowest BCUT2D eigenvalue weighted by Crippen LogP contribution is -2.08. The Morgan fingerprint density at radius 3 is 2.82 bits per heavy atom. The zero-order valence-corrected chi connectivity index (χ0v) is 9.92. The van der Waals surface area contributed by atoms with Crippen LogP contribution >= 0.6 is 0 Å². The smallest absolute Gasteiger partial charge is 0.214 e. The molecule has 2 aromatic rings. The first-order valence-electron chi connectivity index (χ1n) is 5.47. The van der Waals surface area contributed by atoms with E-state index in [0.29, 0.717) is 5.88 Å². The largest absolute Gasteiger partial charge is 0.481 e. The van der Waals surface area contributed by atoms with Gasteiger partial charge in [-0.3, -0.25) is 4.98 Å². The lowest BCUT2D eigenvalue weighted by molar-refractivity contribution is 0.398. The summed E-state index contributed by atoms with van der Waals surface area (Å²) in [5, 5.41) is 3.30. The minimum absolute atomic E-state index is 0.156. The summed E-state index contributed by atoms with van der Waals surface area (Å²) in [5.74, 6) is 1.40. The van der Waals surface area contributed by atoms with E-state index >= 15 is 0 Å². The van der Waals surface area contributed by atoms with Gasteiger partial charge in [0.15, 0.2) is 0 Å². The van der Waals surface area contributed by atoms with E-state index in [0.717, 1.165) is 11.4 Å². The molecule has 4 heteroatoms. The fourth-order valence-corrected chi connectivity index (χ4v) is 1.55. The molecule has 0 amide bonds. The highest BCUT2D eigenvalue weighted by Crippen LogP contribution is 2.18. The van der Waals surface area contributed by atoms with Crippen LogP contribution in [0.25, 0.3) is 0 Å². The van der Waals surface area contributed by atoms with E-state index in [1.165, 1.54) is 0 Å². The molecule has 0 aliphatic carbocycles. The summed E-state index contributed by atoms with van der Waals surface area (Å²) < 4.78 is 5.08. The van der Waals surface area contributed by atoms with Crippen LogP contribution < -0.4 is 10.1 Å². The number of rotatable bonds is 4. The van der Waals surface area contributed by atoms with Crippen molar-refractivity contribution in [2.45, 2.75) is 13.0 Å². The third-order valence-electron chi connectivity index (χ3n) is 2.48. The van der Waals surface area contributed by atoms with Crippen LogP contribution in [-0.4, -0.2) is 17.1 Å². The molecule has 0 saturated carbocycles. The van der Waals surface area contributed by atoms with E-state index in [4.69, 9.17) is 4.74 Å². The molecule has 1 atom stereocenters. The van der Waals surface area contributed by atoms with Gasteiger partial charge in [-0.1, -0.05) is 12.1 Å². The van der Waals surface area contributed by atoms with Crippen molar-refractivity contribution in [3.63, 3.8) is 0 Å². The average Bonchev–Trinajstić information content (AvgIpc) is 2.40. The number of ether oxygens (including phenoxy) is 1. The maximum atomic E-state index is 5.08.